The van der Waals surface area contributed by atoms with Crippen LogP contribution in [0.2, 0.25) is 0 Å². The van der Waals surface area contributed by atoms with Crippen LogP contribution in [0.25, 0.3) is 0 Å². The highest BCUT2D eigenvalue weighted by molar-refractivity contribution is 5.95. The number of hydrogen-bond acceptors (Lipinski definition) is 5. The molecule has 8 heteroatoms. The summed E-state index contributed by atoms with van der Waals surface area (Å²) in [5.74, 6) is -0.960. The number of nitro groups is 1. The molecule has 8 nitrogen and oxygen atoms in total. The molecule has 0 bridgehead atoms. The average molecular weight is 212 g/mol. The number of carbonyl (C=O) groups excluding carboxylic acids is 1. The summed E-state index contributed by atoms with van der Waals surface area (Å²) in [7, 11) is 0. The minimum Gasteiger partial charge on any atom is -0.397 e. The molecule has 1 heterocycles. The van der Waals surface area contributed by atoms with Crippen molar-refractivity contribution < 1.29 is 14.1 Å². The third kappa shape index (κ3) is 2.79. The fourth-order valence-electron chi connectivity index (χ4n) is 0.758. The van der Waals surface area contributed by atoms with Crippen LogP contribution in [0.5, 0.6) is 0 Å². The minimum absolute atomic E-state index is 0.0236. The molecule has 1 amide bonds. The quantitative estimate of drug-likeness (QED) is 0.314. The number of amidine groups is 1. The van der Waals surface area contributed by atoms with E-state index in [2.05, 4.69) is 10.5 Å². The molecule has 0 aliphatic heterocycles. The number of hydrogen-bond donors (Lipinski definition) is 2. The van der Waals surface area contributed by atoms with Gasteiger partial charge in [-0.15, -0.1) is 0 Å². The molecule has 1 aromatic heterocycles. The molecule has 0 aromatic carbocycles. The first kappa shape index (κ1) is 10.7. The van der Waals surface area contributed by atoms with Gasteiger partial charge in [0.1, 0.15) is 4.92 Å². The van der Waals surface area contributed by atoms with Crippen molar-refractivity contribution in [2.45, 2.75) is 6.92 Å². The first-order valence-electron chi connectivity index (χ1n) is 3.85. The predicted molar refractivity (Wildman–Crippen MR) is 49.9 cm³/mol. The molecule has 0 spiro atoms. The number of nitrogens with one attached hydrogen (secondary N) is 1. The molecule has 0 fully saturated rings. The summed E-state index contributed by atoms with van der Waals surface area (Å²) in [6, 6.07) is 2.43. The SMILES string of the molecule is CC(=O)N/N=C(/N)c1ccc([N+](=O)[O-])o1. The molecule has 0 atom stereocenters. The Morgan fingerprint density at radius 2 is 2.33 bits per heavy atom. The van der Waals surface area contributed by atoms with Crippen molar-refractivity contribution in [1.82, 2.24) is 5.43 Å². The van der Waals surface area contributed by atoms with E-state index in [-0.39, 0.29) is 11.6 Å². The molecule has 0 unspecified atom stereocenters. The van der Waals surface area contributed by atoms with Crippen LogP contribution in [0.1, 0.15) is 12.7 Å². The Bertz CT molecular complexity index is 422. The maximum absolute atomic E-state index is 10.5. The number of hydrazone groups is 1. The lowest BCUT2D eigenvalue weighted by molar-refractivity contribution is -0.402. The third-order valence-corrected chi connectivity index (χ3v) is 1.36. The van der Waals surface area contributed by atoms with Crippen molar-refractivity contribution in [3.05, 3.63) is 28.0 Å². The van der Waals surface area contributed by atoms with Crippen LogP contribution in [-0.4, -0.2) is 16.7 Å². The molecule has 0 saturated heterocycles. The van der Waals surface area contributed by atoms with Gasteiger partial charge in [-0.05, 0) is 6.07 Å². The van der Waals surface area contributed by atoms with Crippen LogP contribution in [0, 0.1) is 10.1 Å². The van der Waals surface area contributed by atoms with Gasteiger partial charge in [0.2, 0.25) is 5.91 Å². The van der Waals surface area contributed by atoms with Gasteiger partial charge in [0.15, 0.2) is 11.6 Å². The molecule has 80 valence electrons. The molecule has 3 N–H and O–H groups in total. The Morgan fingerprint density at radius 1 is 1.67 bits per heavy atom. The second-order valence-electron chi connectivity index (χ2n) is 2.56. The van der Waals surface area contributed by atoms with Gasteiger partial charge in [0.25, 0.3) is 0 Å². The average Bonchev–Trinajstić information content (AvgIpc) is 2.62. The van der Waals surface area contributed by atoms with E-state index in [0.29, 0.717) is 0 Å². The predicted octanol–water partition coefficient (Wildman–Crippen LogP) is -0.0558. The van der Waals surface area contributed by atoms with Crippen LogP contribution in [0.3, 0.4) is 0 Å². The smallest absolute Gasteiger partial charge is 0.397 e. The summed E-state index contributed by atoms with van der Waals surface area (Å²) in [5.41, 5.74) is 7.45. The van der Waals surface area contributed by atoms with Gasteiger partial charge in [-0.25, -0.2) is 5.43 Å². The van der Waals surface area contributed by atoms with E-state index in [1.165, 1.54) is 13.0 Å². The number of amides is 1. The van der Waals surface area contributed by atoms with Crippen LogP contribution in [-0.2, 0) is 4.79 Å². The highest BCUT2D eigenvalue weighted by atomic mass is 16.6. The maximum atomic E-state index is 10.5. The molecule has 0 saturated carbocycles. The molecular formula is C7H8N4O4. The largest absolute Gasteiger partial charge is 0.433 e. The monoisotopic (exact) mass is 212 g/mol. The van der Waals surface area contributed by atoms with E-state index >= 15 is 0 Å². The molecule has 15 heavy (non-hydrogen) atoms. The van der Waals surface area contributed by atoms with Gasteiger partial charge in [-0.3, -0.25) is 14.9 Å². The standard InChI is InChI=1S/C7H8N4O4/c1-4(12)9-10-7(8)5-2-3-6(15-5)11(13)14/h2-3H,1H3,(H2,8,10)(H,9,12). The lowest BCUT2D eigenvalue weighted by Crippen LogP contribution is -2.21. The number of furan rings is 1. The fraction of sp³-hybridized carbons (Fsp3) is 0.143. The topological polar surface area (TPSA) is 124 Å². The highest BCUT2D eigenvalue weighted by Gasteiger charge is 2.13. The Balaban J connectivity index is 2.82. The van der Waals surface area contributed by atoms with Gasteiger partial charge >= 0.3 is 5.88 Å². The van der Waals surface area contributed by atoms with Crippen LogP contribution >= 0.6 is 0 Å². The Labute approximate surface area is 83.9 Å². The van der Waals surface area contributed by atoms with E-state index in [0.717, 1.165) is 6.07 Å². The molecule has 0 aliphatic carbocycles. The Kier molecular flexibility index (Phi) is 3.01. The normalized spacial score (nSPS) is 11.1. The van der Waals surface area contributed by atoms with Gasteiger partial charge in [-0.2, -0.15) is 5.10 Å². The summed E-state index contributed by atoms with van der Waals surface area (Å²) in [4.78, 5) is 20.0. The molecular weight excluding hydrogens is 204 g/mol. The third-order valence-electron chi connectivity index (χ3n) is 1.36. The number of nitrogens with zero attached hydrogens (tertiary/aromatic N) is 2. The minimum atomic E-state index is -0.699. The summed E-state index contributed by atoms with van der Waals surface area (Å²) in [6.45, 7) is 1.25. The molecule has 0 radical (unpaired) electrons. The zero-order valence-electron chi connectivity index (χ0n) is 7.76. The van der Waals surface area contributed by atoms with Crippen LogP contribution in [0.4, 0.5) is 5.88 Å². The Hall–Kier alpha value is -2.38. The van der Waals surface area contributed by atoms with Crippen molar-refractivity contribution in [3.63, 3.8) is 0 Å². The van der Waals surface area contributed by atoms with Gasteiger partial charge in [0, 0.05) is 6.92 Å². The molecule has 1 rings (SSSR count). The van der Waals surface area contributed by atoms with Crippen LogP contribution in [0.15, 0.2) is 21.7 Å². The number of rotatable bonds is 3. The Morgan fingerprint density at radius 3 is 2.80 bits per heavy atom. The van der Waals surface area contributed by atoms with Crippen molar-refractivity contribution in [1.29, 1.82) is 0 Å². The first-order chi connectivity index (χ1) is 7.00. The van der Waals surface area contributed by atoms with Crippen molar-refractivity contribution in [2.24, 2.45) is 10.8 Å². The highest BCUT2D eigenvalue weighted by Crippen LogP contribution is 2.14. The summed E-state index contributed by atoms with van der Waals surface area (Å²) in [6.07, 6.45) is 0. The van der Waals surface area contributed by atoms with E-state index in [1.807, 2.05) is 0 Å². The van der Waals surface area contributed by atoms with E-state index in [1.54, 1.807) is 0 Å². The number of nitrogens with two attached hydrogens (primary N) is 1. The second kappa shape index (κ2) is 4.22. The molecule has 1 aromatic rings. The van der Waals surface area contributed by atoms with E-state index < -0.39 is 16.7 Å². The second-order valence-corrected chi connectivity index (χ2v) is 2.56. The number of carbonyl (C=O) groups is 1. The summed E-state index contributed by atoms with van der Waals surface area (Å²) < 4.78 is 4.73. The molecule has 0 aliphatic rings. The lowest BCUT2D eigenvalue weighted by atomic mass is 10.4. The van der Waals surface area contributed by atoms with E-state index in [9.17, 15) is 14.9 Å². The van der Waals surface area contributed by atoms with E-state index in [4.69, 9.17) is 10.2 Å². The van der Waals surface area contributed by atoms with Crippen LogP contribution < -0.4 is 11.2 Å². The summed E-state index contributed by atoms with van der Waals surface area (Å²) in [5, 5.41) is 13.7. The fourth-order valence-corrected chi connectivity index (χ4v) is 0.758. The first-order valence-corrected chi connectivity index (χ1v) is 3.85. The zero-order valence-corrected chi connectivity index (χ0v) is 7.76. The van der Waals surface area contributed by atoms with Gasteiger partial charge in [0.05, 0.1) is 6.07 Å². The van der Waals surface area contributed by atoms with Gasteiger partial charge < -0.3 is 10.2 Å². The van der Waals surface area contributed by atoms with Crippen molar-refractivity contribution >= 4 is 17.6 Å². The van der Waals surface area contributed by atoms with Crippen molar-refractivity contribution in [2.75, 3.05) is 0 Å². The summed E-state index contributed by atoms with van der Waals surface area (Å²) >= 11 is 0. The van der Waals surface area contributed by atoms with Crippen molar-refractivity contribution in [3.8, 4) is 0 Å². The zero-order chi connectivity index (χ0) is 11.4. The lowest BCUT2D eigenvalue weighted by Gasteiger charge is -1.95. The maximum Gasteiger partial charge on any atom is 0.433 e. The van der Waals surface area contributed by atoms with Gasteiger partial charge in [-0.1, -0.05) is 0 Å².